The van der Waals surface area contributed by atoms with Crippen LogP contribution in [0.1, 0.15) is 27.2 Å². The van der Waals surface area contributed by atoms with Crippen LogP contribution in [-0.4, -0.2) is 30.6 Å². The van der Waals surface area contributed by atoms with E-state index in [0.29, 0.717) is 6.04 Å². The summed E-state index contributed by atoms with van der Waals surface area (Å²) in [4.78, 5) is 2.47. The van der Waals surface area contributed by atoms with Gasteiger partial charge < -0.3 is 10.6 Å². The van der Waals surface area contributed by atoms with Gasteiger partial charge in [-0.1, -0.05) is 20.8 Å². The summed E-state index contributed by atoms with van der Waals surface area (Å²) in [6, 6.07) is 0.408. The van der Waals surface area contributed by atoms with Crippen LogP contribution in [-0.2, 0) is 0 Å². The zero-order valence-electron chi connectivity index (χ0n) is 8.59. The highest BCUT2D eigenvalue weighted by Crippen LogP contribution is 2.22. The molecule has 0 amide bonds. The van der Waals surface area contributed by atoms with Crippen molar-refractivity contribution in [1.29, 1.82) is 0 Å². The number of likely N-dealkylation sites (N-methyl/N-ethyl adjacent to an activating group) is 1. The van der Waals surface area contributed by atoms with Crippen molar-refractivity contribution in [2.75, 3.05) is 19.6 Å². The molecule has 0 saturated carbocycles. The van der Waals surface area contributed by atoms with Crippen molar-refractivity contribution >= 4 is 0 Å². The fourth-order valence-electron chi connectivity index (χ4n) is 2.02. The lowest BCUT2D eigenvalue weighted by Crippen LogP contribution is -2.47. The highest BCUT2D eigenvalue weighted by atomic mass is 15.1. The largest absolute Gasteiger partial charge is 0.327 e. The SMILES string of the molecule is CCN1CC(N)CC(C(C)C)C1. The van der Waals surface area contributed by atoms with Gasteiger partial charge in [0, 0.05) is 19.1 Å². The van der Waals surface area contributed by atoms with Crippen LogP contribution < -0.4 is 5.73 Å². The van der Waals surface area contributed by atoms with Crippen molar-refractivity contribution in [3.05, 3.63) is 0 Å². The second-order valence-electron chi connectivity index (χ2n) is 4.35. The van der Waals surface area contributed by atoms with Gasteiger partial charge in [-0.3, -0.25) is 0 Å². The Bertz CT molecular complexity index is 134. The summed E-state index contributed by atoms with van der Waals surface area (Å²) in [6.07, 6.45) is 1.22. The first-order valence-electron chi connectivity index (χ1n) is 5.11. The van der Waals surface area contributed by atoms with E-state index in [1.165, 1.54) is 13.0 Å². The number of rotatable bonds is 2. The lowest BCUT2D eigenvalue weighted by Gasteiger charge is -2.37. The molecule has 2 nitrogen and oxygen atoms in total. The van der Waals surface area contributed by atoms with Crippen molar-refractivity contribution in [2.45, 2.75) is 33.2 Å². The topological polar surface area (TPSA) is 29.3 Å². The highest BCUT2D eigenvalue weighted by molar-refractivity contribution is 4.81. The molecule has 0 aliphatic carbocycles. The summed E-state index contributed by atoms with van der Waals surface area (Å²) in [5.74, 6) is 1.60. The van der Waals surface area contributed by atoms with Crippen LogP contribution in [0.25, 0.3) is 0 Å². The number of hydrogen-bond acceptors (Lipinski definition) is 2. The van der Waals surface area contributed by atoms with Crippen molar-refractivity contribution in [2.24, 2.45) is 17.6 Å². The molecule has 2 unspecified atom stereocenters. The molecule has 12 heavy (non-hydrogen) atoms. The minimum Gasteiger partial charge on any atom is -0.327 e. The van der Waals surface area contributed by atoms with E-state index in [1.54, 1.807) is 0 Å². The summed E-state index contributed by atoms with van der Waals surface area (Å²) in [5.41, 5.74) is 5.99. The minimum absolute atomic E-state index is 0.408. The van der Waals surface area contributed by atoms with Gasteiger partial charge in [0.1, 0.15) is 0 Å². The van der Waals surface area contributed by atoms with Crippen molar-refractivity contribution in [3.8, 4) is 0 Å². The van der Waals surface area contributed by atoms with Gasteiger partial charge in [0.2, 0.25) is 0 Å². The molecular formula is C10H22N2. The third kappa shape index (κ3) is 2.46. The third-order valence-electron chi connectivity index (χ3n) is 2.98. The molecule has 2 atom stereocenters. The molecule has 1 fully saturated rings. The van der Waals surface area contributed by atoms with E-state index in [9.17, 15) is 0 Å². The van der Waals surface area contributed by atoms with Crippen molar-refractivity contribution in [3.63, 3.8) is 0 Å². The van der Waals surface area contributed by atoms with Gasteiger partial charge in [0.25, 0.3) is 0 Å². The second-order valence-corrected chi connectivity index (χ2v) is 4.35. The van der Waals surface area contributed by atoms with Gasteiger partial charge in [-0.05, 0) is 24.8 Å². The van der Waals surface area contributed by atoms with Crippen LogP contribution in [0.15, 0.2) is 0 Å². The van der Waals surface area contributed by atoms with Crippen LogP contribution in [0.4, 0.5) is 0 Å². The molecule has 0 spiro atoms. The van der Waals surface area contributed by atoms with Crippen molar-refractivity contribution in [1.82, 2.24) is 4.90 Å². The zero-order chi connectivity index (χ0) is 9.14. The molecular weight excluding hydrogens is 148 g/mol. The molecule has 1 rings (SSSR count). The molecule has 1 heterocycles. The summed E-state index contributed by atoms with van der Waals surface area (Å²) in [5, 5.41) is 0. The molecule has 0 radical (unpaired) electrons. The Hall–Kier alpha value is -0.0800. The Morgan fingerprint density at radius 2 is 2.08 bits per heavy atom. The number of likely N-dealkylation sites (tertiary alicyclic amines) is 1. The maximum absolute atomic E-state index is 5.99. The molecule has 1 aliphatic rings. The molecule has 0 aromatic carbocycles. The van der Waals surface area contributed by atoms with E-state index in [4.69, 9.17) is 5.73 Å². The average molecular weight is 170 g/mol. The molecule has 1 saturated heterocycles. The van der Waals surface area contributed by atoms with Crippen LogP contribution in [0.2, 0.25) is 0 Å². The third-order valence-corrected chi connectivity index (χ3v) is 2.98. The zero-order valence-corrected chi connectivity index (χ0v) is 8.59. The fraction of sp³-hybridized carbons (Fsp3) is 1.00. The normalized spacial score (nSPS) is 32.8. The molecule has 0 aromatic rings. The number of piperidine rings is 1. The quantitative estimate of drug-likeness (QED) is 0.677. The standard InChI is InChI=1S/C10H22N2/c1-4-12-6-9(8(2)3)5-10(11)7-12/h8-10H,4-7,11H2,1-3H3. The average Bonchev–Trinajstić information content (AvgIpc) is 2.03. The van der Waals surface area contributed by atoms with E-state index in [1.807, 2.05) is 0 Å². The lowest BCUT2D eigenvalue weighted by molar-refractivity contribution is 0.135. The van der Waals surface area contributed by atoms with Gasteiger partial charge in [-0.25, -0.2) is 0 Å². The molecule has 0 aromatic heterocycles. The van der Waals surface area contributed by atoms with E-state index >= 15 is 0 Å². The van der Waals surface area contributed by atoms with Crippen LogP contribution in [0.5, 0.6) is 0 Å². The molecule has 2 N–H and O–H groups in total. The minimum atomic E-state index is 0.408. The summed E-state index contributed by atoms with van der Waals surface area (Å²) >= 11 is 0. The van der Waals surface area contributed by atoms with E-state index in [2.05, 4.69) is 25.7 Å². The maximum Gasteiger partial charge on any atom is 0.0171 e. The number of nitrogens with zero attached hydrogens (tertiary/aromatic N) is 1. The molecule has 1 aliphatic heterocycles. The van der Waals surface area contributed by atoms with Crippen LogP contribution in [0, 0.1) is 11.8 Å². The van der Waals surface area contributed by atoms with E-state index < -0.39 is 0 Å². The van der Waals surface area contributed by atoms with Gasteiger partial charge in [-0.15, -0.1) is 0 Å². The summed E-state index contributed by atoms with van der Waals surface area (Å²) in [7, 11) is 0. The second kappa shape index (κ2) is 4.24. The summed E-state index contributed by atoms with van der Waals surface area (Å²) in [6.45, 7) is 10.3. The Morgan fingerprint density at radius 3 is 2.58 bits per heavy atom. The monoisotopic (exact) mass is 170 g/mol. The molecule has 2 heteroatoms. The Labute approximate surface area is 76.1 Å². The number of nitrogens with two attached hydrogens (primary N) is 1. The Kier molecular flexibility index (Phi) is 3.53. The van der Waals surface area contributed by atoms with Crippen molar-refractivity contribution < 1.29 is 0 Å². The first-order chi connectivity index (χ1) is 5.63. The summed E-state index contributed by atoms with van der Waals surface area (Å²) < 4.78 is 0. The maximum atomic E-state index is 5.99. The van der Waals surface area contributed by atoms with E-state index in [0.717, 1.165) is 24.9 Å². The Balaban J connectivity index is 2.45. The lowest BCUT2D eigenvalue weighted by atomic mass is 9.86. The smallest absolute Gasteiger partial charge is 0.0171 e. The predicted molar refractivity (Wildman–Crippen MR) is 53.0 cm³/mol. The van der Waals surface area contributed by atoms with Gasteiger partial charge in [-0.2, -0.15) is 0 Å². The predicted octanol–water partition coefficient (Wildman–Crippen LogP) is 1.31. The molecule has 72 valence electrons. The van der Waals surface area contributed by atoms with Crippen LogP contribution in [0.3, 0.4) is 0 Å². The first-order valence-corrected chi connectivity index (χ1v) is 5.11. The van der Waals surface area contributed by atoms with Gasteiger partial charge >= 0.3 is 0 Å². The van der Waals surface area contributed by atoms with Crippen LogP contribution >= 0.6 is 0 Å². The fourth-order valence-corrected chi connectivity index (χ4v) is 2.02. The van der Waals surface area contributed by atoms with Gasteiger partial charge in [0.05, 0.1) is 0 Å². The molecule has 0 bridgehead atoms. The first kappa shape index (κ1) is 10.0. The number of hydrogen-bond donors (Lipinski definition) is 1. The van der Waals surface area contributed by atoms with Gasteiger partial charge in [0.15, 0.2) is 0 Å². The Morgan fingerprint density at radius 1 is 1.42 bits per heavy atom. The highest BCUT2D eigenvalue weighted by Gasteiger charge is 2.25. The van der Waals surface area contributed by atoms with E-state index in [-0.39, 0.29) is 0 Å².